The highest BCUT2D eigenvalue weighted by molar-refractivity contribution is 6.20. The van der Waals surface area contributed by atoms with Crippen molar-refractivity contribution in [3.63, 3.8) is 0 Å². The molecule has 0 bridgehead atoms. The molecule has 1 aromatic heterocycles. The van der Waals surface area contributed by atoms with Gasteiger partial charge in [0.05, 0.1) is 0 Å². The number of nitrogens with zero attached hydrogens (tertiary/aromatic N) is 1. The summed E-state index contributed by atoms with van der Waals surface area (Å²) in [6, 6.07) is 56.7. The van der Waals surface area contributed by atoms with Crippen LogP contribution in [-0.4, -0.2) is 0 Å². The van der Waals surface area contributed by atoms with Gasteiger partial charge in [0.2, 0.25) is 0 Å². The molecule has 1 atom stereocenters. The molecule has 0 radical (unpaired) electrons. The third kappa shape index (κ3) is 4.85. The molecule has 0 aliphatic rings. The highest BCUT2D eigenvalue weighted by Crippen LogP contribution is 2.44. The lowest BCUT2D eigenvalue weighted by Crippen LogP contribution is -2.09. The molecule has 8 rings (SSSR count). The minimum absolute atomic E-state index is 0.0694. The number of hydrogen-bond donors (Lipinski definition) is 0. The molecule has 0 saturated carbocycles. The minimum atomic E-state index is 0.0694. The Kier molecular flexibility index (Phi) is 6.69. The molecule has 1 unspecified atom stereocenters. The lowest BCUT2D eigenvalue weighted by atomic mass is 9.82. The molecule has 45 heavy (non-hydrogen) atoms. The van der Waals surface area contributed by atoms with Crippen molar-refractivity contribution >= 4 is 49.8 Å². The fourth-order valence-electron chi connectivity index (χ4n) is 6.71. The molecular formula is C43H33NO. The Morgan fingerprint density at radius 1 is 0.444 bits per heavy atom. The highest BCUT2D eigenvalue weighted by Gasteiger charge is 2.23. The monoisotopic (exact) mass is 579 g/mol. The lowest BCUT2D eigenvalue weighted by molar-refractivity contribution is 0.668. The van der Waals surface area contributed by atoms with Gasteiger partial charge in [0.25, 0.3) is 0 Å². The Balaban J connectivity index is 1.35. The molecule has 0 N–H and O–H groups in total. The zero-order valence-electron chi connectivity index (χ0n) is 25.4. The van der Waals surface area contributed by atoms with Gasteiger partial charge in [0.15, 0.2) is 0 Å². The van der Waals surface area contributed by atoms with Gasteiger partial charge in [-0.05, 0) is 83.8 Å². The molecule has 216 valence electrons. The van der Waals surface area contributed by atoms with Crippen molar-refractivity contribution in [2.24, 2.45) is 0 Å². The Morgan fingerprint density at radius 3 is 1.71 bits per heavy atom. The number of para-hydroxylation sites is 1. The molecule has 0 aliphatic carbocycles. The van der Waals surface area contributed by atoms with E-state index in [0.717, 1.165) is 39.0 Å². The van der Waals surface area contributed by atoms with Crippen LogP contribution in [0.2, 0.25) is 0 Å². The highest BCUT2D eigenvalue weighted by atomic mass is 16.3. The summed E-state index contributed by atoms with van der Waals surface area (Å²) < 4.78 is 6.80. The standard InChI is InChI=1S/C43H33NO/c1-29-17-21-32(22-18-29)42(31-11-5-3-6-12-31)39-28-41-43(37-16-10-9-15-36(37)39)38-26-25-35(27-40(38)45-41)44(33-13-7-4-8-14-33)34-23-19-30(2)20-24-34/h3-28,42H,1-2H3. The van der Waals surface area contributed by atoms with Crippen LogP contribution in [0, 0.1) is 13.8 Å². The first-order chi connectivity index (χ1) is 22.1. The molecule has 0 saturated heterocycles. The van der Waals surface area contributed by atoms with E-state index in [4.69, 9.17) is 4.42 Å². The summed E-state index contributed by atoms with van der Waals surface area (Å²) >= 11 is 0. The van der Waals surface area contributed by atoms with Crippen LogP contribution in [0.4, 0.5) is 17.1 Å². The van der Waals surface area contributed by atoms with Gasteiger partial charge in [-0.25, -0.2) is 0 Å². The largest absolute Gasteiger partial charge is 0.456 e. The molecule has 0 fully saturated rings. The number of benzene rings is 7. The molecule has 2 heteroatoms. The summed E-state index contributed by atoms with van der Waals surface area (Å²) in [5, 5.41) is 4.74. The molecule has 0 spiro atoms. The predicted octanol–water partition coefficient (Wildman–Crippen LogP) is 12.0. The predicted molar refractivity (Wildman–Crippen MR) is 189 cm³/mol. The van der Waals surface area contributed by atoms with Crippen molar-refractivity contribution in [2.75, 3.05) is 4.90 Å². The van der Waals surface area contributed by atoms with E-state index in [1.807, 2.05) is 0 Å². The average molecular weight is 580 g/mol. The second-order valence-corrected chi connectivity index (χ2v) is 11.9. The van der Waals surface area contributed by atoms with Crippen molar-refractivity contribution in [3.05, 3.63) is 186 Å². The van der Waals surface area contributed by atoms with Crippen molar-refractivity contribution < 1.29 is 4.42 Å². The zero-order chi connectivity index (χ0) is 30.3. The summed E-state index contributed by atoms with van der Waals surface area (Å²) in [4.78, 5) is 2.29. The maximum atomic E-state index is 6.80. The first-order valence-corrected chi connectivity index (χ1v) is 15.6. The fraction of sp³-hybridized carbons (Fsp3) is 0.0698. The Bertz CT molecular complexity index is 2260. The third-order valence-corrected chi connectivity index (χ3v) is 8.91. The van der Waals surface area contributed by atoms with Crippen molar-refractivity contribution in [1.29, 1.82) is 0 Å². The topological polar surface area (TPSA) is 16.4 Å². The maximum absolute atomic E-state index is 6.80. The number of rotatable bonds is 6. The van der Waals surface area contributed by atoms with Gasteiger partial charge in [0.1, 0.15) is 11.2 Å². The van der Waals surface area contributed by atoms with Crippen molar-refractivity contribution in [3.8, 4) is 0 Å². The van der Waals surface area contributed by atoms with E-state index in [1.165, 1.54) is 38.6 Å². The third-order valence-electron chi connectivity index (χ3n) is 8.91. The summed E-state index contributed by atoms with van der Waals surface area (Å²) in [6.07, 6.45) is 0. The van der Waals surface area contributed by atoms with Gasteiger partial charge < -0.3 is 9.32 Å². The van der Waals surface area contributed by atoms with Crippen LogP contribution in [0.1, 0.15) is 33.7 Å². The van der Waals surface area contributed by atoms with E-state index >= 15 is 0 Å². The molecule has 8 aromatic rings. The van der Waals surface area contributed by atoms with Gasteiger partial charge in [-0.3, -0.25) is 0 Å². The summed E-state index contributed by atoms with van der Waals surface area (Å²) in [7, 11) is 0. The summed E-state index contributed by atoms with van der Waals surface area (Å²) in [6.45, 7) is 4.26. The number of fused-ring (bicyclic) bond motifs is 5. The van der Waals surface area contributed by atoms with Gasteiger partial charge >= 0.3 is 0 Å². The second-order valence-electron chi connectivity index (χ2n) is 11.9. The Hall–Kier alpha value is -5.60. The molecule has 0 aliphatic heterocycles. The Morgan fingerprint density at radius 2 is 1.00 bits per heavy atom. The van der Waals surface area contributed by atoms with Crippen LogP contribution in [0.15, 0.2) is 162 Å². The number of furan rings is 1. The SMILES string of the molecule is Cc1ccc(C(c2ccccc2)c2cc3oc4cc(N(c5ccccc5)c5ccc(C)cc5)ccc4c3c3ccccc23)cc1. The molecule has 7 aromatic carbocycles. The van der Waals surface area contributed by atoms with Crippen molar-refractivity contribution in [1.82, 2.24) is 0 Å². The quantitative estimate of drug-likeness (QED) is 0.182. The first-order valence-electron chi connectivity index (χ1n) is 15.6. The lowest BCUT2D eigenvalue weighted by Gasteiger charge is -2.25. The van der Waals surface area contributed by atoms with Gasteiger partial charge in [-0.15, -0.1) is 0 Å². The van der Waals surface area contributed by atoms with Gasteiger partial charge in [-0.2, -0.15) is 0 Å². The van der Waals surface area contributed by atoms with E-state index in [1.54, 1.807) is 0 Å². The van der Waals surface area contributed by atoms with Crippen LogP contribution in [0.3, 0.4) is 0 Å². The second kappa shape index (κ2) is 11.2. The fourth-order valence-corrected chi connectivity index (χ4v) is 6.71. The maximum Gasteiger partial charge on any atom is 0.137 e. The number of aryl methyl sites for hydroxylation is 2. The van der Waals surface area contributed by atoms with Crippen LogP contribution >= 0.6 is 0 Å². The van der Waals surface area contributed by atoms with Crippen molar-refractivity contribution in [2.45, 2.75) is 19.8 Å². The summed E-state index contributed by atoms with van der Waals surface area (Å²) in [5.74, 6) is 0.0694. The summed E-state index contributed by atoms with van der Waals surface area (Å²) in [5.41, 5.74) is 11.3. The van der Waals surface area contributed by atoms with Crippen LogP contribution in [0.25, 0.3) is 32.7 Å². The zero-order valence-corrected chi connectivity index (χ0v) is 25.4. The molecule has 2 nitrogen and oxygen atoms in total. The van der Waals surface area contributed by atoms with E-state index in [-0.39, 0.29) is 5.92 Å². The minimum Gasteiger partial charge on any atom is -0.456 e. The average Bonchev–Trinajstić information content (AvgIpc) is 3.46. The number of hydrogen-bond acceptors (Lipinski definition) is 2. The van der Waals surface area contributed by atoms with Crippen LogP contribution in [0.5, 0.6) is 0 Å². The molecular weight excluding hydrogens is 546 g/mol. The van der Waals surface area contributed by atoms with E-state index in [2.05, 4.69) is 176 Å². The molecule has 0 amide bonds. The normalized spacial score (nSPS) is 12.1. The van der Waals surface area contributed by atoms with Crippen LogP contribution in [-0.2, 0) is 0 Å². The molecule has 1 heterocycles. The number of anilines is 3. The van der Waals surface area contributed by atoms with Crippen LogP contribution < -0.4 is 4.90 Å². The van der Waals surface area contributed by atoms with E-state index in [9.17, 15) is 0 Å². The van der Waals surface area contributed by atoms with Gasteiger partial charge in [-0.1, -0.05) is 120 Å². The smallest absolute Gasteiger partial charge is 0.137 e. The van der Waals surface area contributed by atoms with E-state index in [0.29, 0.717) is 0 Å². The van der Waals surface area contributed by atoms with Gasteiger partial charge in [0, 0.05) is 39.8 Å². The first kappa shape index (κ1) is 27.0. The Labute approximate surface area is 263 Å². The van der Waals surface area contributed by atoms with E-state index < -0.39 is 0 Å².